The lowest BCUT2D eigenvalue weighted by Crippen LogP contribution is -2.41. The number of alkyl halides is 3. The molecular formula is C21H25F3N6O4. The molecule has 3 N–H and O–H groups in total. The van der Waals surface area contributed by atoms with E-state index in [1.54, 1.807) is 6.07 Å². The molecule has 184 valence electrons. The zero-order valence-corrected chi connectivity index (χ0v) is 18.4. The van der Waals surface area contributed by atoms with E-state index < -0.39 is 30.3 Å². The Kier molecular flexibility index (Phi) is 6.62. The van der Waals surface area contributed by atoms with Gasteiger partial charge in [0.1, 0.15) is 6.10 Å². The average molecular weight is 482 g/mol. The summed E-state index contributed by atoms with van der Waals surface area (Å²) in [7, 11) is 1.47. The van der Waals surface area contributed by atoms with E-state index in [-0.39, 0.29) is 18.2 Å². The molecular weight excluding hydrogens is 457 g/mol. The summed E-state index contributed by atoms with van der Waals surface area (Å²) in [6.45, 7) is 0. The number of hydrogen-bond acceptors (Lipinski definition) is 7. The van der Waals surface area contributed by atoms with Crippen LogP contribution in [0.1, 0.15) is 55.8 Å². The first-order chi connectivity index (χ1) is 16.1. The fourth-order valence-electron chi connectivity index (χ4n) is 4.11. The van der Waals surface area contributed by atoms with E-state index in [1.807, 2.05) is 0 Å². The lowest BCUT2D eigenvalue weighted by Gasteiger charge is -2.20. The number of carbonyl (C=O) groups excluding carboxylic acids is 2. The first-order valence-electron chi connectivity index (χ1n) is 10.9. The van der Waals surface area contributed by atoms with E-state index >= 15 is 0 Å². The van der Waals surface area contributed by atoms with Crippen LogP contribution in [0, 0.1) is 0 Å². The maximum Gasteiger partial charge on any atom is 0.407 e. The quantitative estimate of drug-likeness (QED) is 0.526. The third-order valence-corrected chi connectivity index (χ3v) is 5.96. The molecule has 0 spiro atoms. The Morgan fingerprint density at radius 1 is 1.24 bits per heavy atom. The Bertz CT molecular complexity index is 1020. The van der Waals surface area contributed by atoms with Gasteiger partial charge < -0.3 is 20.1 Å². The first kappa shape index (κ1) is 23.8. The van der Waals surface area contributed by atoms with Gasteiger partial charge in [0.15, 0.2) is 5.82 Å². The molecule has 10 nitrogen and oxygen atoms in total. The molecule has 2 amide bonds. The van der Waals surface area contributed by atoms with E-state index in [1.165, 1.54) is 19.5 Å². The Hall–Kier alpha value is -3.38. The Labute approximate surface area is 193 Å². The summed E-state index contributed by atoms with van der Waals surface area (Å²) in [6, 6.07) is 1.72. The number of aromatic nitrogens is 4. The molecule has 2 aliphatic carbocycles. The molecule has 2 atom stereocenters. The van der Waals surface area contributed by atoms with Gasteiger partial charge in [-0.15, -0.1) is 0 Å². The highest BCUT2D eigenvalue weighted by Crippen LogP contribution is 2.44. The van der Waals surface area contributed by atoms with Crippen molar-refractivity contribution in [2.24, 2.45) is 0 Å². The number of nitrogens with one attached hydrogen (secondary N) is 3. The Morgan fingerprint density at radius 2 is 2.03 bits per heavy atom. The van der Waals surface area contributed by atoms with E-state index in [0.717, 1.165) is 5.69 Å². The van der Waals surface area contributed by atoms with Crippen molar-refractivity contribution in [2.45, 2.75) is 68.7 Å². The molecule has 2 fully saturated rings. The van der Waals surface area contributed by atoms with Crippen molar-refractivity contribution in [3.63, 3.8) is 0 Å². The van der Waals surface area contributed by atoms with Crippen LogP contribution in [0.5, 0.6) is 5.88 Å². The summed E-state index contributed by atoms with van der Waals surface area (Å²) in [6.07, 6.45) is -1.30. The minimum atomic E-state index is -4.34. The second-order valence-corrected chi connectivity index (χ2v) is 8.72. The monoisotopic (exact) mass is 482 g/mol. The SMILES string of the molecule is COc1cnc(CC(=O)Nc2cc(C3CCC(OC(=O)NC4(CC(F)(F)F)CC4)C3)[nH]n2)cn1. The van der Waals surface area contributed by atoms with E-state index in [2.05, 4.69) is 30.8 Å². The fourth-order valence-corrected chi connectivity index (χ4v) is 4.11. The van der Waals surface area contributed by atoms with Gasteiger partial charge in [0.2, 0.25) is 11.8 Å². The van der Waals surface area contributed by atoms with Gasteiger partial charge in [-0.05, 0) is 32.1 Å². The zero-order chi connectivity index (χ0) is 24.3. The molecule has 0 saturated heterocycles. The smallest absolute Gasteiger partial charge is 0.407 e. The fraction of sp³-hybridized carbons (Fsp3) is 0.571. The third-order valence-electron chi connectivity index (χ3n) is 5.96. The van der Waals surface area contributed by atoms with Crippen LogP contribution in [-0.2, 0) is 16.0 Å². The summed E-state index contributed by atoms with van der Waals surface area (Å²) in [4.78, 5) is 32.5. The van der Waals surface area contributed by atoms with E-state index in [9.17, 15) is 22.8 Å². The zero-order valence-electron chi connectivity index (χ0n) is 18.4. The third kappa shape index (κ3) is 6.35. The lowest BCUT2D eigenvalue weighted by molar-refractivity contribution is -0.141. The molecule has 2 aliphatic rings. The van der Waals surface area contributed by atoms with Gasteiger partial charge in [-0.3, -0.25) is 14.9 Å². The molecule has 2 unspecified atom stereocenters. The van der Waals surface area contributed by atoms with Crippen molar-refractivity contribution in [2.75, 3.05) is 12.4 Å². The minimum absolute atomic E-state index is 0.0173. The van der Waals surface area contributed by atoms with Crippen LogP contribution in [0.25, 0.3) is 0 Å². The predicted octanol–water partition coefficient (Wildman–Crippen LogP) is 3.24. The Morgan fingerprint density at radius 3 is 2.68 bits per heavy atom. The molecule has 4 rings (SSSR count). The molecule has 34 heavy (non-hydrogen) atoms. The molecule has 0 bridgehead atoms. The van der Waals surface area contributed by atoms with Crippen LogP contribution in [0.4, 0.5) is 23.8 Å². The molecule has 2 saturated carbocycles. The summed E-state index contributed by atoms with van der Waals surface area (Å²) in [5.74, 6) is 0.417. The van der Waals surface area contributed by atoms with E-state index in [0.29, 0.717) is 49.5 Å². The number of aromatic amines is 1. The average Bonchev–Trinajstić information content (AvgIpc) is 3.13. The second-order valence-electron chi connectivity index (χ2n) is 8.72. The number of ether oxygens (including phenoxy) is 2. The summed E-state index contributed by atoms with van der Waals surface area (Å²) in [5, 5.41) is 12.1. The summed E-state index contributed by atoms with van der Waals surface area (Å²) in [5.41, 5.74) is 0.0365. The van der Waals surface area contributed by atoms with Gasteiger partial charge in [-0.2, -0.15) is 18.3 Å². The van der Waals surface area contributed by atoms with Crippen molar-refractivity contribution in [3.05, 3.63) is 29.8 Å². The topological polar surface area (TPSA) is 131 Å². The van der Waals surface area contributed by atoms with Gasteiger partial charge >= 0.3 is 12.3 Å². The van der Waals surface area contributed by atoms with Crippen LogP contribution in [0.3, 0.4) is 0 Å². The van der Waals surface area contributed by atoms with E-state index in [4.69, 9.17) is 9.47 Å². The predicted molar refractivity (Wildman–Crippen MR) is 112 cm³/mol. The number of anilines is 1. The first-order valence-corrected chi connectivity index (χ1v) is 10.9. The number of H-pyrrole nitrogens is 1. The number of alkyl carbamates (subject to hydrolysis) is 1. The number of hydrogen-bond donors (Lipinski definition) is 3. The standard InChI is InChI=1S/C21H25F3N6O4/c1-33-18-10-25-13(9-26-18)7-17(31)27-16-8-15(29-30-16)12-2-3-14(6-12)34-19(32)28-20(4-5-20)11-21(22,23)24/h8-10,12,14H,2-7,11H2,1H3,(H,28,32)(H2,27,29,30,31). The van der Waals surface area contributed by atoms with Gasteiger partial charge in [-0.25, -0.2) is 9.78 Å². The van der Waals surface area contributed by atoms with Gasteiger partial charge in [0, 0.05) is 17.7 Å². The van der Waals surface area contributed by atoms with Crippen LogP contribution >= 0.6 is 0 Å². The van der Waals surface area contributed by atoms with Crippen molar-refractivity contribution < 1.29 is 32.2 Å². The molecule has 0 aliphatic heterocycles. The highest BCUT2D eigenvalue weighted by Gasteiger charge is 2.52. The molecule has 0 radical (unpaired) electrons. The minimum Gasteiger partial charge on any atom is -0.480 e. The highest BCUT2D eigenvalue weighted by molar-refractivity contribution is 5.91. The second kappa shape index (κ2) is 9.47. The van der Waals surface area contributed by atoms with Crippen molar-refractivity contribution in [1.29, 1.82) is 0 Å². The van der Waals surface area contributed by atoms with Crippen LogP contribution in [0.2, 0.25) is 0 Å². The molecule has 2 aromatic heterocycles. The van der Waals surface area contributed by atoms with Gasteiger partial charge in [0.05, 0.1) is 43.6 Å². The number of carbonyl (C=O) groups is 2. The normalized spacial score (nSPS) is 21.1. The summed E-state index contributed by atoms with van der Waals surface area (Å²) >= 11 is 0. The maximum absolute atomic E-state index is 12.7. The van der Waals surface area contributed by atoms with Crippen LogP contribution in [0.15, 0.2) is 18.5 Å². The number of halogens is 3. The van der Waals surface area contributed by atoms with Crippen molar-refractivity contribution >= 4 is 17.8 Å². The lowest BCUT2D eigenvalue weighted by atomic mass is 10.0. The van der Waals surface area contributed by atoms with Crippen molar-refractivity contribution in [1.82, 2.24) is 25.5 Å². The van der Waals surface area contributed by atoms with Crippen molar-refractivity contribution in [3.8, 4) is 5.88 Å². The highest BCUT2D eigenvalue weighted by atomic mass is 19.4. The number of amides is 2. The van der Waals surface area contributed by atoms with Crippen LogP contribution < -0.4 is 15.4 Å². The molecule has 2 aromatic rings. The Balaban J connectivity index is 1.23. The number of methoxy groups -OCH3 is 1. The van der Waals surface area contributed by atoms with Gasteiger partial charge in [-0.1, -0.05) is 0 Å². The summed E-state index contributed by atoms with van der Waals surface area (Å²) < 4.78 is 48.3. The largest absolute Gasteiger partial charge is 0.480 e. The van der Waals surface area contributed by atoms with Gasteiger partial charge in [0.25, 0.3) is 0 Å². The van der Waals surface area contributed by atoms with Crippen LogP contribution in [-0.4, -0.2) is 57.1 Å². The maximum atomic E-state index is 12.7. The molecule has 13 heteroatoms. The molecule has 0 aromatic carbocycles. The molecule has 2 heterocycles. The number of nitrogens with zero attached hydrogens (tertiary/aromatic N) is 3. The number of rotatable bonds is 8.